The number of hydrogen-bond acceptors (Lipinski definition) is 4. The van der Waals surface area contributed by atoms with Gasteiger partial charge in [0.1, 0.15) is 5.75 Å². The molecule has 0 unspecified atom stereocenters. The largest absolute Gasteiger partial charge is 0.481 e. The van der Waals surface area contributed by atoms with Crippen LogP contribution in [0.1, 0.15) is 65.9 Å². The van der Waals surface area contributed by atoms with Crippen LogP contribution in [-0.4, -0.2) is 41.8 Å². The third-order valence-electron chi connectivity index (χ3n) is 5.97. The Labute approximate surface area is 180 Å². The van der Waals surface area contributed by atoms with Crippen LogP contribution in [0.5, 0.6) is 5.75 Å². The molecule has 1 aliphatic carbocycles. The monoisotopic (exact) mass is 419 g/mol. The van der Waals surface area contributed by atoms with Crippen LogP contribution in [0, 0.1) is 11.3 Å². The first kappa shape index (κ1) is 24.2. The van der Waals surface area contributed by atoms with Gasteiger partial charge in [-0.3, -0.25) is 4.79 Å². The van der Waals surface area contributed by atoms with Crippen LogP contribution in [0.2, 0.25) is 0 Å². The summed E-state index contributed by atoms with van der Waals surface area (Å²) in [6.45, 7) is 10.7. The summed E-state index contributed by atoms with van der Waals surface area (Å²) in [5.41, 5.74) is 1.17. The van der Waals surface area contributed by atoms with Crippen molar-refractivity contribution in [2.24, 2.45) is 11.3 Å². The Morgan fingerprint density at radius 1 is 1.13 bits per heavy atom. The molecule has 0 saturated heterocycles. The van der Waals surface area contributed by atoms with Crippen molar-refractivity contribution in [1.82, 2.24) is 5.32 Å². The van der Waals surface area contributed by atoms with Crippen molar-refractivity contribution in [3.63, 3.8) is 0 Å². The van der Waals surface area contributed by atoms with Gasteiger partial charge in [0.05, 0.1) is 0 Å². The predicted molar refractivity (Wildman–Crippen MR) is 117 cm³/mol. The van der Waals surface area contributed by atoms with Crippen molar-refractivity contribution in [3.8, 4) is 5.75 Å². The predicted octanol–water partition coefficient (Wildman–Crippen LogP) is 4.21. The lowest BCUT2D eigenvalue weighted by atomic mass is 9.71. The van der Waals surface area contributed by atoms with Crippen LogP contribution in [0.3, 0.4) is 0 Å². The van der Waals surface area contributed by atoms with Gasteiger partial charge in [0.2, 0.25) is 0 Å². The van der Waals surface area contributed by atoms with Crippen LogP contribution in [0.25, 0.3) is 0 Å². The van der Waals surface area contributed by atoms with E-state index in [0.717, 1.165) is 31.2 Å². The van der Waals surface area contributed by atoms with Crippen LogP contribution in [0.15, 0.2) is 24.3 Å². The molecule has 1 aliphatic rings. The van der Waals surface area contributed by atoms with Crippen LogP contribution in [0.4, 0.5) is 0 Å². The molecule has 0 aliphatic heterocycles. The summed E-state index contributed by atoms with van der Waals surface area (Å²) in [7, 11) is 0. The van der Waals surface area contributed by atoms with Gasteiger partial charge >= 0.3 is 5.97 Å². The van der Waals surface area contributed by atoms with E-state index in [4.69, 9.17) is 9.47 Å². The lowest BCUT2D eigenvalue weighted by Crippen LogP contribution is -2.44. The van der Waals surface area contributed by atoms with Gasteiger partial charge in [-0.25, -0.2) is 4.79 Å². The van der Waals surface area contributed by atoms with Gasteiger partial charge in [-0.05, 0) is 68.6 Å². The molecule has 168 valence electrons. The maximum Gasteiger partial charge on any atom is 0.333 e. The average molecular weight is 420 g/mol. The number of ether oxygens (including phenoxy) is 2. The summed E-state index contributed by atoms with van der Waals surface area (Å²) in [4.78, 5) is 23.8. The van der Waals surface area contributed by atoms with E-state index in [-0.39, 0.29) is 18.4 Å². The minimum Gasteiger partial charge on any atom is -0.481 e. The Balaban J connectivity index is 1.82. The first-order valence-corrected chi connectivity index (χ1v) is 11.0. The molecule has 1 fully saturated rings. The third-order valence-corrected chi connectivity index (χ3v) is 5.97. The van der Waals surface area contributed by atoms with E-state index >= 15 is 0 Å². The number of aliphatic carboxylic acids is 1. The number of carbonyl (C=O) groups excluding carboxylic acids is 1. The fourth-order valence-electron chi connectivity index (χ4n) is 4.02. The highest BCUT2D eigenvalue weighted by molar-refractivity contribution is 5.81. The van der Waals surface area contributed by atoms with E-state index in [2.05, 4.69) is 26.1 Å². The fraction of sp³-hybridized carbons (Fsp3) is 0.667. The molecule has 6 nitrogen and oxygen atoms in total. The molecule has 1 aromatic rings. The first-order valence-electron chi connectivity index (χ1n) is 11.0. The molecule has 1 saturated carbocycles. The third kappa shape index (κ3) is 7.31. The molecule has 6 heteroatoms. The topological polar surface area (TPSA) is 84.9 Å². The van der Waals surface area contributed by atoms with E-state index in [0.29, 0.717) is 23.7 Å². The minimum atomic E-state index is -0.973. The van der Waals surface area contributed by atoms with E-state index < -0.39 is 18.2 Å². The Morgan fingerprint density at radius 3 is 2.23 bits per heavy atom. The molecule has 0 radical (unpaired) electrons. The molecule has 2 atom stereocenters. The number of carboxylic acid groups (broad SMARTS) is 1. The molecule has 1 amide bonds. The molecule has 30 heavy (non-hydrogen) atoms. The second-order valence-corrected chi connectivity index (χ2v) is 9.31. The lowest BCUT2D eigenvalue weighted by Gasteiger charge is -2.37. The van der Waals surface area contributed by atoms with Crippen molar-refractivity contribution >= 4 is 11.9 Å². The van der Waals surface area contributed by atoms with Gasteiger partial charge in [0.25, 0.3) is 5.91 Å². The normalized spacial score (nSPS) is 21.5. The molecule has 1 aromatic carbocycles. The number of nitrogens with one attached hydrogen (secondary N) is 1. The molecule has 2 rings (SSSR count). The molecular weight excluding hydrogens is 382 g/mol. The summed E-state index contributed by atoms with van der Waals surface area (Å²) >= 11 is 0. The molecule has 0 aromatic heterocycles. The highest BCUT2D eigenvalue weighted by atomic mass is 16.5. The summed E-state index contributed by atoms with van der Waals surface area (Å²) in [6, 6.07) is 7.36. The maximum atomic E-state index is 12.5. The zero-order valence-corrected chi connectivity index (χ0v) is 18.9. The Kier molecular flexibility index (Phi) is 8.71. The zero-order chi connectivity index (χ0) is 22.3. The summed E-state index contributed by atoms with van der Waals surface area (Å²) in [6.07, 6.45) is 3.15. The van der Waals surface area contributed by atoms with Crippen LogP contribution < -0.4 is 10.1 Å². The Morgan fingerprint density at radius 2 is 1.73 bits per heavy atom. The summed E-state index contributed by atoms with van der Waals surface area (Å²) in [5, 5.41) is 12.3. The van der Waals surface area contributed by atoms with Crippen molar-refractivity contribution in [2.75, 3.05) is 6.61 Å². The maximum absolute atomic E-state index is 12.5. The van der Waals surface area contributed by atoms with Gasteiger partial charge in [-0.15, -0.1) is 0 Å². The minimum absolute atomic E-state index is 0.0967. The van der Waals surface area contributed by atoms with Crippen LogP contribution in [-0.2, 0) is 20.7 Å². The standard InChI is InChI=1S/C24H37NO5/c1-6-29-21(23(27)28)15-17-7-13-20(14-8-17)30-16(2)22(26)25-19-11-9-18(10-12-19)24(3,4)5/h7-8,13-14,16,18-19,21H,6,9-12,15H2,1-5H3,(H,25,26)(H,27,28)/t16-,18?,19?,21+/m1/s1. The van der Waals surface area contributed by atoms with E-state index in [1.54, 1.807) is 26.0 Å². The average Bonchev–Trinajstić information content (AvgIpc) is 2.68. The number of carbonyl (C=O) groups is 2. The van der Waals surface area contributed by atoms with Crippen molar-refractivity contribution in [2.45, 2.75) is 85.0 Å². The van der Waals surface area contributed by atoms with Crippen LogP contribution >= 0.6 is 0 Å². The smallest absolute Gasteiger partial charge is 0.333 e. The van der Waals surface area contributed by atoms with Gasteiger partial charge in [-0.1, -0.05) is 32.9 Å². The first-order chi connectivity index (χ1) is 14.1. The van der Waals surface area contributed by atoms with E-state index in [1.807, 2.05) is 12.1 Å². The second kappa shape index (κ2) is 10.8. The van der Waals surface area contributed by atoms with E-state index in [1.165, 1.54) is 0 Å². The molecule has 2 N–H and O–H groups in total. The number of carboxylic acids is 1. The molecular formula is C24H37NO5. The molecule has 0 spiro atoms. The molecule has 0 bridgehead atoms. The van der Waals surface area contributed by atoms with Crippen molar-refractivity contribution in [3.05, 3.63) is 29.8 Å². The number of rotatable bonds is 9. The summed E-state index contributed by atoms with van der Waals surface area (Å²) < 4.78 is 11.0. The molecule has 0 heterocycles. The van der Waals surface area contributed by atoms with Crippen molar-refractivity contribution < 1.29 is 24.2 Å². The van der Waals surface area contributed by atoms with Crippen molar-refractivity contribution in [1.29, 1.82) is 0 Å². The Hall–Kier alpha value is -2.08. The number of amides is 1. The summed E-state index contributed by atoms with van der Waals surface area (Å²) in [5.74, 6) is 0.224. The van der Waals surface area contributed by atoms with Gasteiger partial charge in [0.15, 0.2) is 12.2 Å². The van der Waals surface area contributed by atoms with Gasteiger partial charge in [0, 0.05) is 19.1 Å². The van der Waals surface area contributed by atoms with Gasteiger partial charge < -0.3 is 19.9 Å². The zero-order valence-electron chi connectivity index (χ0n) is 18.9. The number of hydrogen-bond donors (Lipinski definition) is 2. The highest BCUT2D eigenvalue weighted by Crippen LogP contribution is 2.37. The van der Waals surface area contributed by atoms with E-state index in [9.17, 15) is 14.7 Å². The quantitative estimate of drug-likeness (QED) is 0.626. The SMILES string of the molecule is CCO[C@@H](Cc1ccc(O[C@H](C)C(=O)NC2CCC(C(C)(C)C)CC2)cc1)C(=O)O. The number of benzene rings is 1. The lowest BCUT2D eigenvalue weighted by molar-refractivity contribution is -0.150. The second-order valence-electron chi connectivity index (χ2n) is 9.31. The fourth-order valence-corrected chi connectivity index (χ4v) is 4.02. The highest BCUT2D eigenvalue weighted by Gasteiger charge is 2.31. The van der Waals surface area contributed by atoms with Gasteiger partial charge in [-0.2, -0.15) is 0 Å². The Bertz CT molecular complexity index is 687.